The van der Waals surface area contributed by atoms with E-state index in [1.165, 1.54) is 0 Å². The van der Waals surface area contributed by atoms with Gasteiger partial charge in [-0.15, -0.1) is 0 Å². The zero-order chi connectivity index (χ0) is 15.0. The Morgan fingerprint density at radius 2 is 2.00 bits per heavy atom. The second-order valence-electron chi connectivity index (χ2n) is 5.89. The number of nitrogens with two attached hydrogens (primary N) is 1. The minimum absolute atomic E-state index is 0.288. The number of rotatable bonds is 5. The molecule has 1 aromatic carbocycles. The van der Waals surface area contributed by atoms with Crippen LogP contribution >= 0.6 is 0 Å². The first-order chi connectivity index (χ1) is 9.46. The van der Waals surface area contributed by atoms with Crippen molar-refractivity contribution in [2.75, 3.05) is 20.3 Å². The summed E-state index contributed by atoms with van der Waals surface area (Å²) in [5.41, 5.74) is 7.70. The van der Waals surface area contributed by atoms with E-state index in [1.54, 1.807) is 7.11 Å². The van der Waals surface area contributed by atoms with Gasteiger partial charge in [0.1, 0.15) is 5.75 Å². The van der Waals surface area contributed by atoms with Gasteiger partial charge >= 0.3 is 0 Å². The summed E-state index contributed by atoms with van der Waals surface area (Å²) in [6.07, 6.45) is 1.03. The zero-order valence-corrected chi connectivity index (χ0v) is 13.0. The number of methoxy groups -OCH3 is 1. The summed E-state index contributed by atoms with van der Waals surface area (Å²) in [7, 11) is 1.66. The molecule has 3 nitrogen and oxygen atoms in total. The molecule has 0 aliphatic rings. The summed E-state index contributed by atoms with van der Waals surface area (Å²) in [6.45, 7) is 8.27. The molecule has 0 bridgehead atoms. The van der Waals surface area contributed by atoms with E-state index in [0.717, 1.165) is 29.9 Å². The Morgan fingerprint density at radius 1 is 1.25 bits per heavy atom. The lowest BCUT2D eigenvalue weighted by atomic mass is 9.93. The normalized spacial score (nSPS) is 10.8. The van der Waals surface area contributed by atoms with E-state index < -0.39 is 0 Å². The largest absolute Gasteiger partial charge is 0.497 e. The average molecular weight is 275 g/mol. The molecule has 0 heterocycles. The minimum Gasteiger partial charge on any atom is -0.497 e. The van der Waals surface area contributed by atoms with Crippen molar-refractivity contribution in [3.05, 3.63) is 29.3 Å². The molecule has 0 atom stereocenters. The number of hydrogen-bond acceptors (Lipinski definition) is 3. The van der Waals surface area contributed by atoms with E-state index in [1.807, 2.05) is 18.2 Å². The second-order valence-corrected chi connectivity index (χ2v) is 5.89. The van der Waals surface area contributed by atoms with Gasteiger partial charge in [0, 0.05) is 12.2 Å². The molecule has 0 saturated heterocycles. The first-order valence-corrected chi connectivity index (χ1v) is 6.90. The van der Waals surface area contributed by atoms with Crippen LogP contribution in [0, 0.1) is 17.3 Å². The summed E-state index contributed by atoms with van der Waals surface area (Å²) < 4.78 is 11.0. The summed E-state index contributed by atoms with van der Waals surface area (Å²) in [4.78, 5) is 0. The lowest BCUT2D eigenvalue weighted by molar-refractivity contribution is 0.0960. The van der Waals surface area contributed by atoms with Crippen LogP contribution in [-0.2, 0) is 11.3 Å². The van der Waals surface area contributed by atoms with Gasteiger partial charge < -0.3 is 15.2 Å². The van der Waals surface area contributed by atoms with Crippen molar-refractivity contribution in [1.82, 2.24) is 0 Å². The maximum Gasteiger partial charge on any atom is 0.119 e. The Bertz CT molecular complexity index is 478. The van der Waals surface area contributed by atoms with Crippen LogP contribution in [0.15, 0.2) is 18.2 Å². The highest BCUT2D eigenvalue weighted by atomic mass is 16.5. The highest BCUT2D eigenvalue weighted by Crippen LogP contribution is 2.20. The highest BCUT2D eigenvalue weighted by molar-refractivity contribution is 5.45. The lowest BCUT2D eigenvalue weighted by Crippen LogP contribution is -2.09. The third-order valence-corrected chi connectivity index (χ3v) is 2.89. The molecule has 0 spiro atoms. The van der Waals surface area contributed by atoms with E-state index in [9.17, 15) is 0 Å². The smallest absolute Gasteiger partial charge is 0.119 e. The maximum absolute atomic E-state index is 5.76. The molecule has 20 heavy (non-hydrogen) atoms. The van der Waals surface area contributed by atoms with E-state index in [2.05, 4.69) is 32.6 Å². The lowest BCUT2D eigenvalue weighted by Gasteiger charge is -2.18. The molecule has 0 saturated carbocycles. The van der Waals surface area contributed by atoms with Crippen LogP contribution in [0.3, 0.4) is 0 Å². The molecule has 0 aromatic heterocycles. The van der Waals surface area contributed by atoms with Crippen molar-refractivity contribution in [2.24, 2.45) is 11.1 Å². The molecule has 0 amide bonds. The van der Waals surface area contributed by atoms with Crippen LogP contribution in [0.25, 0.3) is 0 Å². The SMILES string of the molecule is COc1ccc(C#CCN)c(COCCC(C)(C)C)c1. The van der Waals surface area contributed by atoms with Gasteiger partial charge in [-0.25, -0.2) is 0 Å². The fraction of sp³-hybridized carbons (Fsp3) is 0.529. The highest BCUT2D eigenvalue weighted by Gasteiger charge is 2.10. The topological polar surface area (TPSA) is 44.5 Å². The predicted octanol–water partition coefficient (Wildman–Crippen LogP) is 2.96. The molecule has 0 fully saturated rings. The monoisotopic (exact) mass is 275 g/mol. The fourth-order valence-corrected chi connectivity index (χ4v) is 1.65. The number of ether oxygens (including phenoxy) is 2. The van der Waals surface area contributed by atoms with Crippen molar-refractivity contribution >= 4 is 0 Å². The zero-order valence-electron chi connectivity index (χ0n) is 13.0. The van der Waals surface area contributed by atoms with Crippen molar-refractivity contribution in [3.63, 3.8) is 0 Å². The summed E-state index contributed by atoms with van der Waals surface area (Å²) >= 11 is 0. The Balaban J connectivity index is 2.70. The molecule has 0 aliphatic heterocycles. The summed E-state index contributed by atoms with van der Waals surface area (Å²) in [5.74, 6) is 6.77. The van der Waals surface area contributed by atoms with E-state index in [0.29, 0.717) is 13.2 Å². The Morgan fingerprint density at radius 3 is 2.60 bits per heavy atom. The molecular weight excluding hydrogens is 250 g/mol. The van der Waals surface area contributed by atoms with Crippen LogP contribution in [0.5, 0.6) is 5.75 Å². The van der Waals surface area contributed by atoms with Gasteiger partial charge in [0.05, 0.1) is 20.3 Å². The van der Waals surface area contributed by atoms with E-state index >= 15 is 0 Å². The average Bonchev–Trinajstić information content (AvgIpc) is 2.40. The quantitative estimate of drug-likeness (QED) is 0.663. The third kappa shape index (κ3) is 6.10. The fourth-order valence-electron chi connectivity index (χ4n) is 1.65. The first kappa shape index (κ1) is 16.6. The Hall–Kier alpha value is -1.50. The number of hydrogen-bond donors (Lipinski definition) is 1. The Kier molecular flexibility index (Phi) is 6.57. The predicted molar refractivity (Wildman–Crippen MR) is 82.7 cm³/mol. The second kappa shape index (κ2) is 7.94. The molecule has 3 heteroatoms. The van der Waals surface area contributed by atoms with E-state index in [-0.39, 0.29) is 5.41 Å². The molecule has 0 unspecified atom stereocenters. The molecule has 0 radical (unpaired) electrons. The van der Waals surface area contributed by atoms with Gasteiger partial charge in [0.25, 0.3) is 0 Å². The molecule has 1 aromatic rings. The van der Waals surface area contributed by atoms with Gasteiger partial charge in [0.2, 0.25) is 0 Å². The molecule has 1 rings (SSSR count). The number of benzene rings is 1. The summed E-state index contributed by atoms with van der Waals surface area (Å²) in [5, 5.41) is 0. The standard InChI is InChI=1S/C17H25NO2/c1-17(2,3)9-11-20-13-15-12-16(19-4)8-7-14(15)6-5-10-18/h7-8,12H,9-11,13,18H2,1-4H3. The molecule has 2 N–H and O–H groups in total. The van der Waals surface area contributed by atoms with Crippen molar-refractivity contribution in [2.45, 2.75) is 33.8 Å². The van der Waals surface area contributed by atoms with Gasteiger partial charge in [-0.05, 0) is 35.6 Å². The maximum atomic E-state index is 5.76. The van der Waals surface area contributed by atoms with Crippen molar-refractivity contribution < 1.29 is 9.47 Å². The van der Waals surface area contributed by atoms with Crippen LogP contribution in [0.2, 0.25) is 0 Å². The first-order valence-electron chi connectivity index (χ1n) is 6.90. The van der Waals surface area contributed by atoms with Crippen molar-refractivity contribution in [3.8, 4) is 17.6 Å². The van der Waals surface area contributed by atoms with Gasteiger partial charge in [0.15, 0.2) is 0 Å². The third-order valence-electron chi connectivity index (χ3n) is 2.89. The summed E-state index contributed by atoms with van der Waals surface area (Å²) in [6, 6.07) is 5.82. The molecule has 110 valence electrons. The van der Waals surface area contributed by atoms with Crippen molar-refractivity contribution in [1.29, 1.82) is 0 Å². The van der Waals surface area contributed by atoms with Gasteiger partial charge in [-0.2, -0.15) is 0 Å². The van der Waals surface area contributed by atoms with Crippen LogP contribution in [0.1, 0.15) is 38.3 Å². The van der Waals surface area contributed by atoms with E-state index in [4.69, 9.17) is 15.2 Å². The van der Waals surface area contributed by atoms with Gasteiger partial charge in [-0.1, -0.05) is 32.6 Å². The molecule has 0 aliphatic carbocycles. The Labute approximate surface area is 122 Å². The van der Waals surface area contributed by atoms with Gasteiger partial charge in [-0.3, -0.25) is 0 Å². The van der Waals surface area contributed by atoms with Crippen LogP contribution < -0.4 is 10.5 Å². The van der Waals surface area contributed by atoms with Crippen LogP contribution in [-0.4, -0.2) is 20.3 Å². The molecular formula is C17H25NO2. The minimum atomic E-state index is 0.288. The van der Waals surface area contributed by atoms with Crippen LogP contribution in [0.4, 0.5) is 0 Å².